The molecule has 0 saturated carbocycles. The number of nitriles is 1. The van der Waals surface area contributed by atoms with Gasteiger partial charge in [0.15, 0.2) is 0 Å². The van der Waals surface area contributed by atoms with Crippen LogP contribution in [0.4, 0.5) is 0 Å². The van der Waals surface area contributed by atoms with Gasteiger partial charge < -0.3 is 10.0 Å². The third kappa shape index (κ3) is 2.31. The normalized spacial score (nSPS) is 11.9. The van der Waals surface area contributed by atoms with Crippen LogP contribution in [0.3, 0.4) is 0 Å². The third-order valence-electron chi connectivity index (χ3n) is 2.03. The van der Waals surface area contributed by atoms with E-state index in [1.165, 1.54) is 6.20 Å². The molecule has 72 valence electrons. The molecule has 1 atom stereocenters. The lowest BCUT2D eigenvalue weighted by Gasteiger charge is -2.05. The second-order valence-corrected chi connectivity index (χ2v) is 2.98. The molecule has 0 aliphatic heterocycles. The van der Waals surface area contributed by atoms with Gasteiger partial charge in [0.1, 0.15) is 0 Å². The zero-order chi connectivity index (χ0) is 10.6. The highest BCUT2D eigenvalue weighted by molar-refractivity contribution is 6.58. The SMILES string of the molecule is CCC(C#N)c1ccc(B(O)O)cn1. The van der Waals surface area contributed by atoms with Gasteiger partial charge >= 0.3 is 7.12 Å². The summed E-state index contributed by atoms with van der Waals surface area (Å²) in [6, 6.07) is 5.34. The fourth-order valence-electron chi connectivity index (χ4n) is 1.14. The smallest absolute Gasteiger partial charge is 0.423 e. The number of pyridine rings is 1. The van der Waals surface area contributed by atoms with Gasteiger partial charge in [-0.05, 0) is 12.5 Å². The highest BCUT2D eigenvalue weighted by atomic mass is 16.4. The van der Waals surface area contributed by atoms with Crippen molar-refractivity contribution in [1.29, 1.82) is 5.26 Å². The van der Waals surface area contributed by atoms with Crippen molar-refractivity contribution >= 4 is 12.6 Å². The monoisotopic (exact) mass is 190 g/mol. The molecular weight excluding hydrogens is 179 g/mol. The van der Waals surface area contributed by atoms with Crippen molar-refractivity contribution in [3.63, 3.8) is 0 Å². The number of rotatable bonds is 3. The van der Waals surface area contributed by atoms with E-state index in [-0.39, 0.29) is 5.92 Å². The minimum atomic E-state index is -1.50. The van der Waals surface area contributed by atoms with Crippen molar-refractivity contribution < 1.29 is 10.0 Å². The summed E-state index contributed by atoms with van der Waals surface area (Å²) in [7, 11) is -1.50. The molecule has 1 unspecified atom stereocenters. The number of hydrogen-bond donors (Lipinski definition) is 2. The highest BCUT2D eigenvalue weighted by Gasteiger charge is 2.13. The van der Waals surface area contributed by atoms with Gasteiger partial charge in [0, 0.05) is 11.7 Å². The van der Waals surface area contributed by atoms with Crippen molar-refractivity contribution in [3.05, 3.63) is 24.0 Å². The summed E-state index contributed by atoms with van der Waals surface area (Å²) < 4.78 is 0. The molecule has 0 bridgehead atoms. The molecule has 0 amide bonds. The molecule has 0 spiro atoms. The molecule has 0 fully saturated rings. The molecule has 2 N–H and O–H groups in total. The van der Waals surface area contributed by atoms with Crippen LogP contribution in [-0.2, 0) is 0 Å². The van der Waals surface area contributed by atoms with Crippen LogP contribution in [0.5, 0.6) is 0 Å². The fraction of sp³-hybridized carbons (Fsp3) is 0.333. The lowest BCUT2D eigenvalue weighted by atomic mass is 9.81. The molecular formula is C9H11BN2O2. The quantitative estimate of drug-likeness (QED) is 0.645. The largest absolute Gasteiger partial charge is 0.490 e. The lowest BCUT2D eigenvalue weighted by molar-refractivity contribution is 0.425. The first kappa shape index (κ1) is 10.7. The van der Waals surface area contributed by atoms with Crippen LogP contribution in [0, 0.1) is 11.3 Å². The maximum atomic E-state index is 8.82. The summed E-state index contributed by atoms with van der Waals surface area (Å²) in [5, 5.41) is 26.4. The Hall–Kier alpha value is -1.38. The Morgan fingerprint density at radius 3 is 2.64 bits per heavy atom. The molecule has 0 saturated heterocycles. The van der Waals surface area contributed by atoms with Crippen LogP contribution < -0.4 is 5.46 Å². The zero-order valence-corrected chi connectivity index (χ0v) is 7.88. The van der Waals surface area contributed by atoms with Gasteiger partial charge in [-0.1, -0.05) is 13.0 Å². The fourth-order valence-corrected chi connectivity index (χ4v) is 1.14. The molecule has 0 aliphatic rings. The summed E-state index contributed by atoms with van der Waals surface area (Å²) in [6.45, 7) is 1.91. The van der Waals surface area contributed by atoms with E-state index in [2.05, 4.69) is 11.1 Å². The van der Waals surface area contributed by atoms with Crippen molar-refractivity contribution in [2.45, 2.75) is 19.3 Å². The summed E-state index contributed by atoms with van der Waals surface area (Å²) in [5.74, 6) is -0.222. The first-order chi connectivity index (χ1) is 6.69. The molecule has 1 heterocycles. The van der Waals surface area contributed by atoms with E-state index in [0.29, 0.717) is 17.6 Å². The van der Waals surface area contributed by atoms with Gasteiger partial charge in [-0.15, -0.1) is 0 Å². The van der Waals surface area contributed by atoms with E-state index in [0.717, 1.165) is 0 Å². The maximum absolute atomic E-state index is 8.82. The van der Waals surface area contributed by atoms with Gasteiger partial charge in [-0.25, -0.2) is 0 Å². The molecule has 1 rings (SSSR count). The van der Waals surface area contributed by atoms with Crippen LogP contribution in [0.2, 0.25) is 0 Å². The van der Waals surface area contributed by atoms with Crippen molar-refractivity contribution in [1.82, 2.24) is 4.98 Å². The predicted octanol–water partition coefficient (Wildman–Crippen LogP) is -0.221. The molecule has 0 radical (unpaired) electrons. The topological polar surface area (TPSA) is 77.1 Å². The van der Waals surface area contributed by atoms with Gasteiger partial charge in [-0.2, -0.15) is 5.26 Å². The van der Waals surface area contributed by atoms with Gasteiger partial charge in [0.2, 0.25) is 0 Å². The summed E-state index contributed by atoms with van der Waals surface area (Å²) >= 11 is 0. The Morgan fingerprint density at radius 2 is 2.29 bits per heavy atom. The Balaban J connectivity index is 2.88. The average Bonchev–Trinajstić information content (AvgIpc) is 2.20. The minimum absolute atomic E-state index is 0.222. The summed E-state index contributed by atoms with van der Waals surface area (Å²) in [4.78, 5) is 4.00. The van der Waals surface area contributed by atoms with Crippen LogP contribution in [-0.4, -0.2) is 22.2 Å². The van der Waals surface area contributed by atoms with Crippen molar-refractivity contribution in [2.75, 3.05) is 0 Å². The van der Waals surface area contributed by atoms with E-state index < -0.39 is 7.12 Å². The van der Waals surface area contributed by atoms with Gasteiger partial charge in [0.05, 0.1) is 17.7 Å². The van der Waals surface area contributed by atoms with Crippen LogP contribution >= 0.6 is 0 Å². The summed E-state index contributed by atoms with van der Waals surface area (Å²) in [6.07, 6.45) is 2.07. The Bertz CT molecular complexity index is 332. The molecule has 0 aromatic carbocycles. The number of hydrogen-bond acceptors (Lipinski definition) is 4. The Kier molecular flexibility index (Phi) is 3.63. The molecule has 1 aromatic heterocycles. The molecule has 1 aromatic rings. The lowest BCUT2D eigenvalue weighted by Crippen LogP contribution is -2.30. The maximum Gasteiger partial charge on any atom is 0.490 e. The van der Waals surface area contributed by atoms with Crippen LogP contribution in [0.15, 0.2) is 18.3 Å². The zero-order valence-electron chi connectivity index (χ0n) is 7.88. The second kappa shape index (κ2) is 4.75. The summed E-state index contributed by atoms with van der Waals surface area (Å²) in [5.41, 5.74) is 1.00. The number of nitrogens with zero attached hydrogens (tertiary/aromatic N) is 2. The standard InChI is InChI=1S/C9H11BN2O2/c1-2-7(5-11)9-4-3-8(6-12-9)10(13)14/h3-4,6-7,13-14H,2H2,1H3. The second-order valence-electron chi connectivity index (χ2n) is 2.98. The molecule has 0 aliphatic carbocycles. The predicted molar refractivity (Wildman–Crippen MR) is 52.7 cm³/mol. The first-order valence-electron chi connectivity index (χ1n) is 4.40. The number of aromatic nitrogens is 1. The van der Waals surface area contributed by atoms with E-state index in [4.69, 9.17) is 15.3 Å². The minimum Gasteiger partial charge on any atom is -0.423 e. The average molecular weight is 190 g/mol. The molecule has 4 nitrogen and oxygen atoms in total. The van der Waals surface area contributed by atoms with Gasteiger partial charge in [0.25, 0.3) is 0 Å². The van der Waals surface area contributed by atoms with Gasteiger partial charge in [-0.3, -0.25) is 4.98 Å². The Morgan fingerprint density at radius 1 is 1.57 bits per heavy atom. The Labute approximate surface area is 83.0 Å². The van der Waals surface area contributed by atoms with E-state index in [1.54, 1.807) is 12.1 Å². The van der Waals surface area contributed by atoms with Crippen molar-refractivity contribution in [2.24, 2.45) is 0 Å². The van der Waals surface area contributed by atoms with Crippen LogP contribution in [0.25, 0.3) is 0 Å². The van der Waals surface area contributed by atoms with E-state index in [1.807, 2.05) is 6.92 Å². The molecule has 14 heavy (non-hydrogen) atoms. The van der Waals surface area contributed by atoms with Crippen LogP contribution in [0.1, 0.15) is 25.0 Å². The van der Waals surface area contributed by atoms with Crippen molar-refractivity contribution in [3.8, 4) is 6.07 Å². The molecule has 5 heteroatoms. The van der Waals surface area contributed by atoms with E-state index >= 15 is 0 Å². The first-order valence-corrected chi connectivity index (χ1v) is 4.40. The third-order valence-corrected chi connectivity index (χ3v) is 2.03. The van der Waals surface area contributed by atoms with E-state index in [9.17, 15) is 0 Å². The highest BCUT2D eigenvalue weighted by Crippen LogP contribution is 2.14.